The molecule has 2 atom stereocenters. The van der Waals surface area contributed by atoms with E-state index >= 15 is 0 Å². The summed E-state index contributed by atoms with van der Waals surface area (Å²) in [5.41, 5.74) is 1.14. The fourth-order valence-electron chi connectivity index (χ4n) is 1.74. The molecule has 5 heteroatoms. The van der Waals surface area contributed by atoms with Gasteiger partial charge < -0.3 is 5.32 Å². The van der Waals surface area contributed by atoms with Crippen LogP contribution in [-0.2, 0) is 0 Å². The van der Waals surface area contributed by atoms with Gasteiger partial charge in [0.1, 0.15) is 0 Å². The highest BCUT2D eigenvalue weighted by molar-refractivity contribution is 7.99. The van der Waals surface area contributed by atoms with Gasteiger partial charge >= 0.3 is 0 Å². The van der Waals surface area contributed by atoms with E-state index in [-0.39, 0.29) is 16.7 Å². The number of non-ortho nitro benzene ring substituents is 1. The van der Waals surface area contributed by atoms with E-state index in [9.17, 15) is 10.1 Å². The third-order valence-corrected chi connectivity index (χ3v) is 3.92. The predicted molar refractivity (Wildman–Crippen MR) is 77.1 cm³/mol. The second kappa shape index (κ2) is 7.38. The van der Waals surface area contributed by atoms with Crippen molar-refractivity contribution in [2.45, 2.75) is 31.6 Å². The van der Waals surface area contributed by atoms with E-state index in [1.165, 1.54) is 6.07 Å². The summed E-state index contributed by atoms with van der Waals surface area (Å²) in [6.07, 6.45) is 3.00. The molecule has 1 aromatic rings. The Hall–Kier alpha value is -1.07. The SMILES string of the molecule is CCC(NCC(C)SC)c1cccc([N+](=O)[O-])c1. The molecule has 0 heterocycles. The fourth-order valence-corrected chi connectivity index (χ4v) is 2.01. The maximum Gasteiger partial charge on any atom is 0.269 e. The van der Waals surface area contributed by atoms with Gasteiger partial charge in [-0.3, -0.25) is 10.1 Å². The lowest BCUT2D eigenvalue weighted by atomic mass is 10.0. The molecule has 0 radical (unpaired) electrons. The molecule has 0 aromatic heterocycles. The summed E-state index contributed by atoms with van der Waals surface area (Å²) in [4.78, 5) is 10.4. The summed E-state index contributed by atoms with van der Waals surface area (Å²) >= 11 is 1.81. The summed E-state index contributed by atoms with van der Waals surface area (Å²) < 4.78 is 0. The molecule has 0 spiro atoms. The van der Waals surface area contributed by atoms with Crippen molar-refractivity contribution in [2.24, 2.45) is 0 Å². The first kappa shape index (κ1) is 15.0. The number of nitro groups is 1. The Bertz CT molecular complexity index is 398. The van der Waals surface area contributed by atoms with Gasteiger partial charge in [-0.25, -0.2) is 0 Å². The van der Waals surface area contributed by atoms with Gasteiger partial charge in [0.05, 0.1) is 4.92 Å². The minimum atomic E-state index is -0.346. The van der Waals surface area contributed by atoms with Crippen LogP contribution in [0.3, 0.4) is 0 Å². The number of benzene rings is 1. The van der Waals surface area contributed by atoms with Gasteiger partial charge in [-0.15, -0.1) is 0 Å². The summed E-state index contributed by atoms with van der Waals surface area (Å²) in [7, 11) is 0. The summed E-state index contributed by atoms with van der Waals surface area (Å²) in [6, 6.07) is 7.05. The quantitative estimate of drug-likeness (QED) is 0.608. The molecule has 0 saturated carbocycles. The van der Waals surface area contributed by atoms with Gasteiger partial charge in [-0.05, 0) is 18.2 Å². The molecule has 18 heavy (non-hydrogen) atoms. The molecule has 4 nitrogen and oxygen atoms in total. The predicted octanol–water partition coefficient (Wildman–Crippen LogP) is 3.39. The number of hydrogen-bond donors (Lipinski definition) is 1. The van der Waals surface area contributed by atoms with Crippen LogP contribution in [-0.4, -0.2) is 23.0 Å². The molecule has 0 fully saturated rings. The minimum Gasteiger partial charge on any atom is -0.309 e. The van der Waals surface area contributed by atoms with Crippen LogP contribution in [0, 0.1) is 10.1 Å². The minimum absolute atomic E-state index is 0.158. The summed E-state index contributed by atoms with van der Waals surface area (Å²) in [5, 5.41) is 14.8. The zero-order valence-electron chi connectivity index (χ0n) is 11.1. The first-order chi connectivity index (χ1) is 8.58. The molecular formula is C13H20N2O2S. The molecule has 0 aliphatic heterocycles. The molecule has 0 aliphatic rings. The van der Waals surface area contributed by atoms with Crippen LogP contribution in [0.4, 0.5) is 5.69 Å². The monoisotopic (exact) mass is 268 g/mol. The molecule has 0 amide bonds. The van der Waals surface area contributed by atoms with Gasteiger partial charge in [-0.2, -0.15) is 11.8 Å². The molecule has 1 rings (SSSR count). The number of nitrogens with zero attached hydrogens (tertiary/aromatic N) is 1. The van der Waals surface area contributed by atoms with E-state index in [2.05, 4.69) is 25.4 Å². The molecule has 0 bridgehead atoms. The van der Waals surface area contributed by atoms with Crippen LogP contribution in [0.1, 0.15) is 31.9 Å². The molecule has 100 valence electrons. The number of hydrogen-bond acceptors (Lipinski definition) is 4. The Morgan fingerprint density at radius 3 is 2.78 bits per heavy atom. The number of nitrogens with one attached hydrogen (secondary N) is 1. The van der Waals surface area contributed by atoms with Gasteiger partial charge in [0.2, 0.25) is 0 Å². The third-order valence-electron chi connectivity index (χ3n) is 2.95. The largest absolute Gasteiger partial charge is 0.309 e. The normalized spacial score (nSPS) is 14.2. The Morgan fingerprint density at radius 2 is 2.22 bits per heavy atom. The first-order valence-corrected chi connectivity index (χ1v) is 7.37. The second-order valence-corrected chi connectivity index (χ2v) is 5.54. The Morgan fingerprint density at radius 1 is 1.50 bits per heavy atom. The lowest BCUT2D eigenvalue weighted by molar-refractivity contribution is -0.384. The zero-order valence-corrected chi connectivity index (χ0v) is 11.9. The van der Waals surface area contributed by atoms with Crippen molar-refractivity contribution < 1.29 is 4.92 Å². The average Bonchev–Trinajstić information content (AvgIpc) is 2.39. The van der Waals surface area contributed by atoms with E-state index in [1.54, 1.807) is 12.1 Å². The van der Waals surface area contributed by atoms with Gasteiger partial charge in [-0.1, -0.05) is 26.0 Å². The van der Waals surface area contributed by atoms with Crippen molar-refractivity contribution in [3.63, 3.8) is 0 Å². The molecule has 1 aromatic carbocycles. The van der Waals surface area contributed by atoms with Gasteiger partial charge in [0.25, 0.3) is 5.69 Å². The lowest BCUT2D eigenvalue weighted by Gasteiger charge is -2.19. The highest BCUT2D eigenvalue weighted by atomic mass is 32.2. The maximum atomic E-state index is 10.8. The van der Waals surface area contributed by atoms with Crippen LogP contribution < -0.4 is 5.32 Å². The van der Waals surface area contributed by atoms with Crippen LogP contribution in [0.25, 0.3) is 0 Å². The van der Waals surface area contributed by atoms with Crippen molar-refractivity contribution in [2.75, 3.05) is 12.8 Å². The fraction of sp³-hybridized carbons (Fsp3) is 0.538. The van der Waals surface area contributed by atoms with E-state index in [4.69, 9.17) is 0 Å². The van der Waals surface area contributed by atoms with E-state index < -0.39 is 0 Å². The highest BCUT2D eigenvalue weighted by Gasteiger charge is 2.13. The standard InChI is InChI=1S/C13H20N2O2S/c1-4-13(14-9-10(2)18-3)11-6-5-7-12(8-11)15(16)17/h5-8,10,13-14H,4,9H2,1-3H3. The topological polar surface area (TPSA) is 55.2 Å². The van der Waals surface area contributed by atoms with Crippen LogP contribution in [0.2, 0.25) is 0 Å². The number of rotatable bonds is 7. The Kier molecular flexibility index (Phi) is 6.15. The van der Waals surface area contributed by atoms with Crippen LogP contribution >= 0.6 is 11.8 Å². The molecule has 1 N–H and O–H groups in total. The molecule has 2 unspecified atom stereocenters. The Balaban J connectivity index is 2.75. The van der Waals surface area contributed by atoms with E-state index in [0.717, 1.165) is 18.5 Å². The van der Waals surface area contributed by atoms with Crippen molar-refractivity contribution in [1.82, 2.24) is 5.32 Å². The zero-order chi connectivity index (χ0) is 13.5. The van der Waals surface area contributed by atoms with Crippen molar-refractivity contribution in [3.05, 3.63) is 39.9 Å². The lowest BCUT2D eigenvalue weighted by Crippen LogP contribution is -2.27. The second-order valence-electron chi connectivity index (χ2n) is 4.27. The van der Waals surface area contributed by atoms with Crippen LogP contribution in [0.15, 0.2) is 24.3 Å². The number of nitro benzene ring substituents is 1. The maximum absolute atomic E-state index is 10.8. The van der Waals surface area contributed by atoms with Gasteiger partial charge in [0.15, 0.2) is 0 Å². The summed E-state index contributed by atoms with van der Waals surface area (Å²) in [6.45, 7) is 5.15. The molecular weight excluding hydrogens is 248 g/mol. The summed E-state index contributed by atoms with van der Waals surface area (Å²) in [5.74, 6) is 0. The number of thioether (sulfide) groups is 1. The van der Waals surface area contributed by atoms with Crippen molar-refractivity contribution in [3.8, 4) is 0 Å². The van der Waals surface area contributed by atoms with Crippen LogP contribution in [0.5, 0.6) is 0 Å². The molecule has 0 aliphatic carbocycles. The molecule has 0 saturated heterocycles. The Labute approximate surface area is 112 Å². The van der Waals surface area contributed by atoms with E-state index in [1.807, 2.05) is 17.8 Å². The average molecular weight is 268 g/mol. The smallest absolute Gasteiger partial charge is 0.269 e. The van der Waals surface area contributed by atoms with E-state index in [0.29, 0.717) is 5.25 Å². The highest BCUT2D eigenvalue weighted by Crippen LogP contribution is 2.21. The first-order valence-electron chi connectivity index (χ1n) is 6.09. The van der Waals surface area contributed by atoms with Gasteiger partial charge in [0, 0.05) is 30.0 Å². The van der Waals surface area contributed by atoms with Crippen molar-refractivity contribution in [1.29, 1.82) is 0 Å². The van der Waals surface area contributed by atoms with Crippen molar-refractivity contribution >= 4 is 17.4 Å². The third kappa shape index (κ3) is 4.31.